The maximum absolute atomic E-state index is 12.9. The van der Waals surface area contributed by atoms with E-state index in [0.717, 1.165) is 42.0 Å². The van der Waals surface area contributed by atoms with E-state index in [1.165, 1.54) is 11.1 Å². The van der Waals surface area contributed by atoms with Crippen molar-refractivity contribution in [3.63, 3.8) is 0 Å². The van der Waals surface area contributed by atoms with Crippen LogP contribution in [0.1, 0.15) is 49.1 Å². The maximum atomic E-state index is 12.9. The summed E-state index contributed by atoms with van der Waals surface area (Å²) in [6.07, 6.45) is 2.79. The van der Waals surface area contributed by atoms with Gasteiger partial charge in [-0.25, -0.2) is 4.98 Å². The van der Waals surface area contributed by atoms with Gasteiger partial charge in [-0.15, -0.1) is 0 Å². The van der Waals surface area contributed by atoms with Crippen molar-refractivity contribution in [2.24, 2.45) is 0 Å². The minimum absolute atomic E-state index is 0.140. The number of para-hydroxylation sites is 2. The molecule has 0 N–H and O–H groups in total. The van der Waals surface area contributed by atoms with Gasteiger partial charge in [-0.3, -0.25) is 4.79 Å². The molecule has 0 spiro atoms. The molecule has 0 bridgehead atoms. The molecule has 0 unspecified atom stereocenters. The summed E-state index contributed by atoms with van der Waals surface area (Å²) in [6.45, 7) is 8.02. The Labute approximate surface area is 160 Å². The van der Waals surface area contributed by atoms with Crippen LogP contribution >= 0.6 is 0 Å². The first-order valence-electron chi connectivity index (χ1n) is 9.91. The molecule has 140 valence electrons. The third kappa shape index (κ3) is 3.25. The molecule has 1 amide bonds. The van der Waals surface area contributed by atoms with Gasteiger partial charge in [0.15, 0.2) is 0 Å². The first kappa shape index (κ1) is 17.8. The second-order valence-electron chi connectivity index (χ2n) is 7.66. The zero-order valence-corrected chi connectivity index (χ0v) is 16.4. The lowest BCUT2D eigenvalue weighted by molar-refractivity contribution is -0.117. The molecule has 1 fully saturated rings. The molecule has 27 heavy (non-hydrogen) atoms. The van der Waals surface area contributed by atoms with E-state index in [9.17, 15) is 4.79 Å². The molecule has 1 saturated heterocycles. The Bertz CT molecular complexity index is 988. The second-order valence-corrected chi connectivity index (χ2v) is 7.66. The molecule has 3 aromatic rings. The van der Waals surface area contributed by atoms with E-state index in [1.54, 1.807) is 0 Å². The van der Waals surface area contributed by atoms with Gasteiger partial charge in [0, 0.05) is 31.1 Å². The number of benzene rings is 2. The smallest absolute Gasteiger partial charge is 0.227 e. The van der Waals surface area contributed by atoms with Crippen LogP contribution in [0.4, 0.5) is 5.69 Å². The Morgan fingerprint density at radius 3 is 2.78 bits per heavy atom. The van der Waals surface area contributed by atoms with Crippen LogP contribution in [0, 0.1) is 13.8 Å². The van der Waals surface area contributed by atoms with Gasteiger partial charge in [0.2, 0.25) is 5.91 Å². The molecule has 2 aromatic carbocycles. The highest BCUT2D eigenvalue weighted by Gasteiger charge is 2.35. The van der Waals surface area contributed by atoms with Crippen molar-refractivity contribution in [3.8, 4) is 0 Å². The summed E-state index contributed by atoms with van der Waals surface area (Å²) >= 11 is 0. The van der Waals surface area contributed by atoms with Gasteiger partial charge >= 0.3 is 0 Å². The lowest BCUT2D eigenvalue weighted by atomic mass is 10.1. The van der Waals surface area contributed by atoms with E-state index < -0.39 is 0 Å². The first-order valence-corrected chi connectivity index (χ1v) is 9.91. The Balaban J connectivity index is 1.70. The third-order valence-corrected chi connectivity index (χ3v) is 5.56. The number of aromatic nitrogens is 2. The molecule has 1 atom stereocenters. The van der Waals surface area contributed by atoms with Gasteiger partial charge in [-0.2, -0.15) is 0 Å². The average Bonchev–Trinajstić information content (AvgIpc) is 3.22. The highest BCUT2D eigenvalue weighted by molar-refractivity contribution is 5.97. The number of amides is 1. The number of rotatable bonds is 5. The van der Waals surface area contributed by atoms with Crippen molar-refractivity contribution in [1.29, 1.82) is 0 Å². The molecule has 4 nitrogen and oxygen atoms in total. The number of nitrogens with zero attached hydrogens (tertiary/aromatic N) is 3. The molecular weight excluding hydrogens is 334 g/mol. The fourth-order valence-electron chi connectivity index (χ4n) is 4.08. The standard InChI is InChI=1S/C23H27N3O/c1-4-5-12-25-20-9-7-6-8-19(20)24-23(25)18-14-22(27)26(15-18)21-13-16(2)10-11-17(21)3/h6-11,13,18H,4-5,12,14-15H2,1-3H3/t18-/m0/s1. The van der Waals surface area contributed by atoms with Crippen LogP contribution in [0.2, 0.25) is 0 Å². The molecule has 0 saturated carbocycles. The third-order valence-electron chi connectivity index (χ3n) is 5.56. The minimum Gasteiger partial charge on any atom is -0.328 e. The summed E-state index contributed by atoms with van der Waals surface area (Å²) in [7, 11) is 0. The number of carbonyl (C=O) groups excluding carboxylic acids is 1. The molecule has 2 heterocycles. The molecule has 1 aromatic heterocycles. The summed E-state index contributed by atoms with van der Waals surface area (Å²) in [4.78, 5) is 19.7. The van der Waals surface area contributed by atoms with Crippen molar-refractivity contribution in [3.05, 3.63) is 59.4 Å². The van der Waals surface area contributed by atoms with Gasteiger partial charge < -0.3 is 9.47 Å². The summed E-state index contributed by atoms with van der Waals surface area (Å²) in [5.41, 5.74) is 5.58. The number of aryl methyl sites for hydroxylation is 3. The van der Waals surface area contributed by atoms with Gasteiger partial charge in [-0.05, 0) is 49.6 Å². The number of anilines is 1. The topological polar surface area (TPSA) is 38.1 Å². The Hall–Kier alpha value is -2.62. The number of imidazole rings is 1. The van der Waals surface area contributed by atoms with Crippen LogP contribution in [-0.4, -0.2) is 22.0 Å². The van der Waals surface area contributed by atoms with Crippen LogP contribution in [0.15, 0.2) is 42.5 Å². The van der Waals surface area contributed by atoms with E-state index in [-0.39, 0.29) is 11.8 Å². The number of hydrogen-bond donors (Lipinski definition) is 0. The van der Waals surface area contributed by atoms with Crippen LogP contribution in [0.3, 0.4) is 0 Å². The molecule has 1 aliphatic rings. The fourth-order valence-corrected chi connectivity index (χ4v) is 4.08. The molecule has 4 heteroatoms. The van der Waals surface area contributed by atoms with E-state index in [1.807, 2.05) is 11.0 Å². The Morgan fingerprint density at radius 1 is 1.15 bits per heavy atom. The van der Waals surface area contributed by atoms with E-state index >= 15 is 0 Å². The second kappa shape index (κ2) is 7.18. The molecule has 0 radical (unpaired) electrons. The molecule has 1 aliphatic heterocycles. The SMILES string of the molecule is CCCCn1c([C@H]2CC(=O)N(c3cc(C)ccc3C)C2)nc2ccccc21. The summed E-state index contributed by atoms with van der Waals surface area (Å²) < 4.78 is 2.34. The molecule has 4 rings (SSSR count). The van der Waals surface area contributed by atoms with Crippen LogP contribution in [0.5, 0.6) is 0 Å². The largest absolute Gasteiger partial charge is 0.328 e. The van der Waals surface area contributed by atoms with Crippen molar-refractivity contribution in [2.75, 3.05) is 11.4 Å². The van der Waals surface area contributed by atoms with Crippen molar-refractivity contribution >= 4 is 22.6 Å². The average molecular weight is 361 g/mol. The zero-order chi connectivity index (χ0) is 19.0. The van der Waals surface area contributed by atoms with Crippen LogP contribution in [-0.2, 0) is 11.3 Å². The summed E-state index contributed by atoms with van der Waals surface area (Å²) in [6, 6.07) is 14.6. The number of carbonyl (C=O) groups is 1. The lowest BCUT2D eigenvalue weighted by Crippen LogP contribution is -2.25. The van der Waals surface area contributed by atoms with Crippen LogP contribution < -0.4 is 4.90 Å². The Morgan fingerprint density at radius 2 is 1.96 bits per heavy atom. The molecule has 0 aliphatic carbocycles. The first-order chi connectivity index (χ1) is 13.1. The molecular formula is C23H27N3O. The predicted molar refractivity (Wildman–Crippen MR) is 110 cm³/mol. The number of hydrogen-bond acceptors (Lipinski definition) is 2. The van der Waals surface area contributed by atoms with E-state index in [2.05, 4.69) is 61.7 Å². The zero-order valence-electron chi connectivity index (χ0n) is 16.4. The lowest BCUT2D eigenvalue weighted by Gasteiger charge is -2.20. The van der Waals surface area contributed by atoms with Gasteiger partial charge in [-0.1, -0.05) is 37.6 Å². The fraction of sp³-hybridized carbons (Fsp3) is 0.391. The van der Waals surface area contributed by atoms with Crippen molar-refractivity contribution < 1.29 is 4.79 Å². The van der Waals surface area contributed by atoms with Gasteiger partial charge in [0.1, 0.15) is 5.82 Å². The number of unbranched alkanes of at least 4 members (excludes halogenated alkanes) is 1. The van der Waals surface area contributed by atoms with Crippen molar-refractivity contribution in [2.45, 2.75) is 52.5 Å². The van der Waals surface area contributed by atoms with Crippen LogP contribution in [0.25, 0.3) is 11.0 Å². The van der Waals surface area contributed by atoms with E-state index in [4.69, 9.17) is 4.98 Å². The summed E-state index contributed by atoms with van der Waals surface area (Å²) in [5.74, 6) is 1.40. The maximum Gasteiger partial charge on any atom is 0.227 e. The van der Waals surface area contributed by atoms with Gasteiger partial charge in [0.05, 0.1) is 11.0 Å². The Kier molecular flexibility index (Phi) is 4.73. The van der Waals surface area contributed by atoms with Crippen molar-refractivity contribution in [1.82, 2.24) is 9.55 Å². The van der Waals surface area contributed by atoms with Gasteiger partial charge in [0.25, 0.3) is 0 Å². The minimum atomic E-state index is 0.140. The normalized spacial score (nSPS) is 17.2. The quantitative estimate of drug-likeness (QED) is 0.643. The highest BCUT2D eigenvalue weighted by Crippen LogP contribution is 2.35. The van der Waals surface area contributed by atoms with E-state index in [0.29, 0.717) is 13.0 Å². The number of fused-ring (bicyclic) bond motifs is 1. The highest BCUT2D eigenvalue weighted by atomic mass is 16.2. The predicted octanol–water partition coefficient (Wildman–Crippen LogP) is 4.97. The monoisotopic (exact) mass is 361 g/mol. The summed E-state index contributed by atoms with van der Waals surface area (Å²) in [5, 5.41) is 0.